The molecule has 222 valence electrons. The molecule has 0 radical (unpaired) electrons. The lowest BCUT2D eigenvalue weighted by Crippen LogP contribution is -2.22. The summed E-state index contributed by atoms with van der Waals surface area (Å²) >= 11 is 0. The number of H-pyrrole nitrogens is 2. The number of aliphatic carboxylic acids is 1. The summed E-state index contributed by atoms with van der Waals surface area (Å²) in [6, 6.07) is 6.00. The molecule has 0 unspecified atom stereocenters. The molecule has 0 atom stereocenters. The van der Waals surface area contributed by atoms with Gasteiger partial charge in [-0.1, -0.05) is 12.1 Å². The highest BCUT2D eigenvalue weighted by atomic mass is 32.2. The van der Waals surface area contributed by atoms with Crippen molar-refractivity contribution in [2.24, 2.45) is 10.9 Å². The number of hydrogen-bond donors (Lipinski definition) is 5. The number of halogens is 6. The number of carbonyl (C=O) groups is 1. The second kappa shape index (κ2) is 11.0. The van der Waals surface area contributed by atoms with Gasteiger partial charge in [0.15, 0.2) is 9.84 Å². The van der Waals surface area contributed by atoms with Crippen LogP contribution in [0.15, 0.2) is 40.1 Å². The first-order valence-corrected chi connectivity index (χ1v) is 13.7. The van der Waals surface area contributed by atoms with Crippen LogP contribution in [0.1, 0.15) is 5.69 Å². The lowest BCUT2D eigenvalue weighted by molar-refractivity contribution is -0.192. The van der Waals surface area contributed by atoms with E-state index in [4.69, 9.17) is 20.8 Å². The standard InChI is InChI=1S/C17H15F3N8O4S2.C2HF3O2/c18-17(19,20)15-10-7-8(1-3-11(10)23-24-15)9-2-4-12(33(29,30)6-5-21)14(34(22,31)32)13(9)16-25-27-28-26-16;3-2(4,5)1(6)7/h1-4,7H,5-6,21H2,(H,23,24)(H2,22,31,32)(H,25,26,27,28);(H,6,7). The monoisotopic (exact) mass is 630 g/mol. The summed E-state index contributed by atoms with van der Waals surface area (Å²) in [6.45, 7) is -0.303. The van der Waals surface area contributed by atoms with Gasteiger partial charge in [0.1, 0.15) is 10.6 Å². The second-order valence-corrected chi connectivity index (χ2v) is 11.4. The van der Waals surface area contributed by atoms with E-state index in [2.05, 4.69) is 25.7 Å². The maximum Gasteiger partial charge on any atom is 0.490 e. The van der Waals surface area contributed by atoms with Crippen molar-refractivity contribution in [3.63, 3.8) is 0 Å². The molecule has 0 spiro atoms. The first-order chi connectivity index (χ1) is 18.8. The molecule has 14 nitrogen and oxygen atoms in total. The van der Waals surface area contributed by atoms with Gasteiger partial charge in [0.05, 0.1) is 21.7 Å². The number of hydrogen-bond acceptors (Lipinski definition) is 10. The molecule has 0 aliphatic heterocycles. The Labute approximate surface area is 224 Å². The van der Waals surface area contributed by atoms with Crippen LogP contribution in [0, 0.1) is 0 Å². The van der Waals surface area contributed by atoms with Crippen molar-refractivity contribution in [2.45, 2.75) is 22.1 Å². The molecule has 22 heteroatoms. The Morgan fingerprint density at radius 3 is 2.12 bits per heavy atom. The van der Waals surface area contributed by atoms with Crippen LogP contribution < -0.4 is 10.9 Å². The number of nitrogens with zero attached hydrogens (tertiary/aromatic N) is 4. The summed E-state index contributed by atoms with van der Waals surface area (Å²) in [6.07, 6.45) is -9.82. The van der Waals surface area contributed by atoms with E-state index in [-0.39, 0.29) is 40.0 Å². The highest BCUT2D eigenvalue weighted by molar-refractivity contribution is 7.93. The quantitative estimate of drug-likeness (QED) is 0.191. The van der Waals surface area contributed by atoms with E-state index in [0.717, 1.165) is 12.1 Å². The number of alkyl halides is 6. The lowest BCUT2D eigenvalue weighted by atomic mass is 9.97. The van der Waals surface area contributed by atoms with Gasteiger partial charge < -0.3 is 10.8 Å². The summed E-state index contributed by atoms with van der Waals surface area (Å²) < 4.78 is 123. The topological polar surface area (TPSA) is 241 Å². The Morgan fingerprint density at radius 2 is 1.63 bits per heavy atom. The molecule has 4 rings (SSSR count). The molecule has 7 N–H and O–H groups in total. The minimum Gasteiger partial charge on any atom is -0.475 e. The summed E-state index contributed by atoms with van der Waals surface area (Å²) in [5, 5.41) is 30.7. The zero-order chi connectivity index (χ0) is 31.0. The number of carboxylic acid groups (broad SMARTS) is 1. The number of carboxylic acids is 1. The molecule has 0 saturated heterocycles. The number of aromatic amines is 2. The van der Waals surface area contributed by atoms with E-state index < -0.39 is 59.4 Å². The van der Waals surface area contributed by atoms with E-state index in [1.54, 1.807) is 0 Å². The van der Waals surface area contributed by atoms with Gasteiger partial charge in [-0.3, -0.25) is 5.10 Å². The van der Waals surface area contributed by atoms with Crippen LogP contribution >= 0.6 is 0 Å². The molecule has 0 aliphatic carbocycles. The zero-order valence-corrected chi connectivity index (χ0v) is 21.5. The highest BCUT2D eigenvalue weighted by Gasteiger charge is 2.38. The van der Waals surface area contributed by atoms with Crippen molar-refractivity contribution in [3.05, 3.63) is 36.0 Å². The van der Waals surface area contributed by atoms with Crippen LogP contribution in [-0.2, 0) is 30.8 Å². The number of tetrazole rings is 1. The Morgan fingerprint density at radius 1 is 1.00 bits per heavy atom. The number of benzene rings is 2. The van der Waals surface area contributed by atoms with Gasteiger partial charge in [-0.25, -0.2) is 26.8 Å². The smallest absolute Gasteiger partial charge is 0.475 e. The summed E-state index contributed by atoms with van der Waals surface area (Å²) in [5.74, 6) is -3.68. The molecule has 2 heterocycles. The molecule has 0 bridgehead atoms. The van der Waals surface area contributed by atoms with Crippen molar-refractivity contribution in [2.75, 3.05) is 12.3 Å². The average Bonchev–Trinajstić information content (AvgIpc) is 3.52. The van der Waals surface area contributed by atoms with Gasteiger partial charge in [0, 0.05) is 11.9 Å². The van der Waals surface area contributed by atoms with Crippen LogP contribution in [0.2, 0.25) is 0 Å². The molecule has 0 saturated carbocycles. The van der Waals surface area contributed by atoms with E-state index in [1.807, 2.05) is 5.10 Å². The fraction of sp³-hybridized carbons (Fsp3) is 0.211. The van der Waals surface area contributed by atoms with Gasteiger partial charge in [0.2, 0.25) is 15.8 Å². The second-order valence-electron chi connectivity index (χ2n) is 7.83. The molecule has 4 aromatic rings. The van der Waals surface area contributed by atoms with Gasteiger partial charge >= 0.3 is 18.3 Å². The minimum atomic E-state index is -5.08. The van der Waals surface area contributed by atoms with Crippen LogP contribution in [0.5, 0.6) is 0 Å². The van der Waals surface area contributed by atoms with E-state index in [9.17, 15) is 43.2 Å². The maximum atomic E-state index is 13.4. The van der Waals surface area contributed by atoms with Gasteiger partial charge in [-0.2, -0.15) is 36.7 Å². The fourth-order valence-corrected chi connectivity index (χ4v) is 6.23. The third-order valence-corrected chi connectivity index (χ3v) is 7.99. The predicted molar refractivity (Wildman–Crippen MR) is 126 cm³/mol. The highest BCUT2D eigenvalue weighted by Crippen LogP contribution is 2.41. The number of nitrogens with two attached hydrogens (primary N) is 2. The van der Waals surface area contributed by atoms with Crippen molar-refractivity contribution >= 4 is 36.7 Å². The number of sulfone groups is 1. The number of rotatable bonds is 6. The van der Waals surface area contributed by atoms with Crippen molar-refractivity contribution in [3.8, 4) is 22.5 Å². The number of primary sulfonamides is 1. The molecular formula is C19H16F6N8O6S2. The maximum absolute atomic E-state index is 13.4. The number of aromatic nitrogens is 6. The summed E-state index contributed by atoms with van der Waals surface area (Å²) in [5.41, 5.74) is 3.98. The lowest BCUT2D eigenvalue weighted by Gasteiger charge is -2.16. The molecule has 41 heavy (non-hydrogen) atoms. The summed E-state index contributed by atoms with van der Waals surface area (Å²) in [7, 11) is -8.95. The zero-order valence-electron chi connectivity index (χ0n) is 19.8. The molecular weight excluding hydrogens is 614 g/mol. The molecule has 2 aromatic carbocycles. The Balaban J connectivity index is 0.000000587. The normalized spacial score (nSPS) is 12.7. The number of sulfonamides is 1. The van der Waals surface area contributed by atoms with E-state index in [1.165, 1.54) is 18.2 Å². The van der Waals surface area contributed by atoms with Crippen LogP contribution in [0.3, 0.4) is 0 Å². The van der Waals surface area contributed by atoms with Crippen LogP contribution in [0.25, 0.3) is 33.4 Å². The Kier molecular flexibility index (Phi) is 8.44. The number of nitrogens with one attached hydrogen (secondary N) is 2. The number of fused-ring (bicyclic) bond motifs is 1. The third-order valence-electron chi connectivity index (χ3n) is 5.09. The van der Waals surface area contributed by atoms with Gasteiger partial charge in [-0.05, 0) is 34.5 Å². The molecule has 0 amide bonds. The van der Waals surface area contributed by atoms with E-state index >= 15 is 0 Å². The first-order valence-electron chi connectivity index (χ1n) is 10.5. The van der Waals surface area contributed by atoms with Crippen molar-refractivity contribution in [1.29, 1.82) is 0 Å². The minimum absolute atomic E-state index is 0.00556. The third kappa shape index (κ3) is 6.78. The molecule has 0 aliphatic rings. The van der Waals surface area contributed by atoms with Gasteiger partial charge in [0.25, 0.3) is 0 Å². The van der Waals surface area contributed by atoms with Crippen LogP contribution in [-0.4, -0.2) is 77.2 Å². The van der Waals surface area contributed by atoms with Crippen LogP contribution in [0.4, 0.5) is 26.3 Å². The van der Waals surface area contributed by atoms with Gasteiger partial charge in [-0.15, -0.1) is 10.2 Å². The largest absolute Gasteiger partial charge is 0.490 e. The Hall–Kier alpha value is -4.15. The van der Waals surface area contributed by atoms with Crippen molar-refractivity contribution in [1.82, 2.24) is 30.8 Å². The Bertz CT molecular complexity index is 1800. The summed E-state index contributed by atoms with van der Waals surface area (Å²) in [4.78, 5) is 7.42. The molecule has 2 aromatic heterocycles. The van der Waals surface area contributed by atoms with Crippen molar-refractivity contribution < 1.29 is 53.1 Å². The fourth-order valence-electron chi connectivity index (χ4n) is 3.48. The predicted octanol–water partition coefficient (Wildman–Crippen LogP) is 1.44. The SMILES string of the molecule is NCCS(=O)(=O)c1ccc(-c2ccc3n[nH]c(C(F)(F)F)c3c2)c(-c2nn[nH]n2)c1S(N)(=O)=O.O=C(O)C(F)(F)F. The molecule has 0 fully saturated rings. The first kappa shape index (κ1) is 31.4. The van der Waals surface area contributed by atoms with E-state index in [0.29, 0.717) is 0 Å². The average molecular weight is 631 g/mol.